The Morgan fingerprint density at radius 3 is 2.95 bits per heavy atom. The van der Waals surface area contributed by atoms with Crippen LogP contribution in [0.1, 0.15) is 25.3 Å². The van der Waals surface area contributed by atoms with E-state index in [1.165, 1.54) is 0 Å². The monoisotopic (exact) mass is 285 g/mol. The Balaban J connectivity index is 2.60. The first-order valence-corrected chi connectivity index (χ1v) is 7.12. The predicted octanol–water partition coefficient (Wildman–Crippen LogP) is 2.71. The molecule has 0 aliphatic carbocycles. The van der Waals surface area contributed by atoms with Gasteiger partial charge in [-0.05, 0) is 31.0 Å². The van der Waals surface area contributed by atoms with E-state index in [9.17, 15) is 0 Å². The van der Waals surface area contributed by atoms with E-state index in [-0.39, 0.29) is 0 Å². The van der Waals surface area contributed by atoms with Gasteiger partial charge < -0.3 is 15.0 Å². The van der Waals surface area contributed by atoms with E-state index in [1.54, 1.807) is 13.3 Å². The fraction of sp³-hybridized carbons (Fsp3) is 0.643. The average Bonchev–Trinajstić information content (AvgIpc) is 2.41. The third-order valence-electron chi connectivity index (χ3n) is 2.90. The molecule has 1 N–H and O–H groups in total. The van der Waals surface area contributed by atoms with Gasteiger partial charge in [-0.3, -0.25) is 0 Å². The third kappa shape index (κ3) is 5.76. The number of halogens is 1. The number of aromatic nitrogens is 1. The van der Waals surface area contributed by atoms with Gasteiger partial charge in [0.1, 0.15) is 5.82 Å². The van der Waals surface area contributed by atoms with Crippen LogP contribution in [0.3, 0.4) is 0 Å². The lowest BCUT2D eigenvalue weighted by molar-refractivity contribution is 0.196. The van der Waals surface area contributed by atoms with Gasteiger partial charge in [-0.15, -0.1) is 0 Å². The van der Waals surface area contributed by atoms with Crippen LogP contribution < -0.4 is 10.2 Å². The summed E-state index contributed by atoms with van der Waals surface area (Å²) in [5.74, 6) is 0.953. The molecule has 1 rings (SSSR count). The molecule has 1 aromatic rings. The van der Waals surface area contributed by atoms with Crippen molar-refractivity contribution >= 4 is 17.4 Å². The van der Waals surface area contributed by atoms with E-state index in [2.05, 4.69) is 28.2 Å². The molecule has 0 aliphatic heterocycles. The molecule has 108 valence electrons. The maximum absolute atomic E-state index is 6.17. The number of anilines is 1. The van der Waals surface area contributed by atoms with Crippen LogP contribution in [-0.2, 0) is 11.3 Å². The van der Waals surface area contributed by atoms with Gasteiger partial charge in [0, 0.05) is 40.1 Å². The van der Waals surface area contributed by atoms with Crippen molar-refractivity contribution in [2.24, 2.45) is 0 Å². The van der Waals surface area contributed by atoms with Crippen LogP contribution in [0.2, 0.25) is 5.02 Å². The molecule has 4 nitrogen and oxygen atoms in total. The largest absolute Gasteiger partial charge is 0.385 e. The molecule has 0 radical (unpaired) electrons. The number of hydrogen-bond donors (Lipinski definition) is 1. The summed E-state index contributed by atoms with van der Waals surface area (Å²) < 4.78 is 5.06. The fourth-order valence-electron chi connectivity index (χ4n) is 1.77. The highest BCUT2D eigenvalue weighted by Crippen LogP contribution is 2.19. The summed E-state index contributed by atoms with van der Waals surface area (Å²) in [6.45, 7) is 5.62. The first-order chi connectivity index (χ1) is 9.19. The van der Waals surface area contributed by atoms with Crippen molar-refractivity contribution in [3.63, 3.8) is 0 Å². The zero-order chi connectivity index (χ0) is 14.1. The van der Waals surface area contributed by atoms with E-state index in [0.717, 1.165) is 55.5 Å². The smallest absolute Gasteiger partial charge is 0.128 e. The SMILES string of the molecule is CCCNCc1cc(N(C)CCCOC)ncc1Cl. The Morgan fingerprint density at radius 2 is 2.26 bits per heavy atom. The fourth-order valence-corrected chi connectivity index (χ4v) is 1.94. The molecule has 0 unspecified atom stereocenters. The van der Waals surface area contributed by atoms with Crippen LogP contribution in [0.4, 0.5) is 5.82 Å². The van der Waals surface area contributed by atoms with Gasteiger partial charge in [-0.25, -0.2) is 4.98 Å². The quantitative estimate of drug-likeness (QED) is 0.708. The molecule has 0 saturated carbocycles. The summed E-state index contributed by atoms with van der Waals surface area (Å²) >= 11 is 6.17. The minimum absolute atomic E-state index is 0.720. The number of hydrogen-bond acceptors (Lipinski definition) is 4. The molecule has 0 bridgehead atoms. The molecule has 5 heteroatoms. The van der Waals surface area contributed by atoms with E-state index >= 15 is 0 Å². The van der Waals surface area contributed by atoms with E-state index < -0.39 is 0 Å². The second kappa shape index (κ2) is 9.13. The predicted molar refractivity (Wildman–Crippen MR) is 81.0 cm³/mol. The summed E-state index contributed by atoms with van der Waals surface area (Å²) in [6.07, 6.45) is 3.83. The van der Waals surface area contributed by atoms with Crippen LogP contribution in [0, 0.1) is 0 Å². The Hall–Kier alpha value is -0.840. The van der Waals surface area contributed by atoms with Crippen LogP contribution in [0.25, 0.3) is 0 Å². The standard InChI is InChI=1S/C14H24ClN3O/c1-4-6-16-10-12-9-14(17-11-13(12)15)18(2)7-5-8-19-3/h9,11,16H,4-8,10H2,1-3H3. The van der Waals surface area contributed by atoms with Crippen LogP contribution in [0.15, 0.2) is 12.3 Å². The first-order valence-electron chi connectivity index (χ1n) is 6.74. The summed E-state index contributed by atoms with van der Waals surface area (Å²) in [6, 6.07) is 2.05. The molecule has 0 amide bonds. The lowest BCUT2D eigenvalue weighted by atomic mass is 10.2. The summed E-state index contributed by atoms with van der Waals surface area (Å²) in [7, 11) is 3.76. The Labute approximate surface area is 121 Å². The number of nitrogens with zero attached hydrogens (tertiary/aromatic N) is 2. The zero-order valence-electron chi connectivity index (χ0n) is 12.1. The van der Waals surface area contributed by atoms with Gasteiger partial charge in [0.25, 0.3) is 0 Å². The van der Waals surface area contributed by atoms with Crippen LogP contribution in [-0.4, -0.2) is 38.8 Å². The molecule has 0 atom stereocenters. The molecular weight excluding hydrogens is 262 g/mol. The molecule has 0 spiro atoms. The van der Waals surface area contributed by atoms with Gasteiger partial charge >= 0.3 is 0 Å². The highest BCUT2D eigenvalue weighted by atomic mass is 35.5. The molecule has 0 aliphatic rings. The molecular formula is C14H24ClN3O. The van der Waals surface area contributed by atoms with Crippen LogP contribution >= 0.6 is 11.6 Å². The van der Waals surface area contributed by atoms with Crippen molar-refractivity contribution in [1.82, 2.24) is 10.3 Å². The number of pyridine rings is 1. The summed E-state index contributed by atoms with van der Waals surface area (Å²) in [4.78, 5) is 6.49. The van der Waals surface area contributed by atoms with E-state index in [1.807, 2.05) is 7.05 Å². The number of rotatable bonds is 9. The highest BCUT2D eigenvalue weighted by Gasteiger charge is 2.07. The molecule has 1 heterocycles. The summed E-state index contributed by atoms with van der Waals surface area (Å²) in [5, 5.41) is 4.08. The molecule has 19 heavy (non-hydrogen) atoms. The lowest BCUT2D eigenvalue weighted by Crippen LogP contribution is -2.21. The number of ether oxygens (including phenoxy) is 1. The van der Waals surface area contributed by atoms with Crippen molar-refractivity contribution in [3.05, 3.63) is 22.8 Å². The highest BCUT2D eigenvalue weighted by molar-refractivity contribution is 6.31. The Bertz CT molecular complexity index is 374. The molecule has 0 saturated heterocycles. The van der Waals surface area contributed by atoms with Crippen molar-refractivity contribution < 1.29 is 4.74 Å². The minimum atomic E-state index is 0.720. The van der Waals surface area contributed by atoms with Gasteiger partial charge in [0.15, 0.2) is 0 Å². The van der Waals surface area contributed by atoms with Gasteiger partial charge in [-0.2, -0.15) is 0 Å². The lowest BCUT2D eigenvalue weighted by Gasteiger charge is -2.19. The second-order valence-electron chi connectivity index (χ2n) is 4.58. The minimum Gasteiger partial charge on any atom is -0.385 e. The average molecular weight is 286 g/mol. The Morgan fingerprint density at radius 1 is 1.47 bits per heavy atom. The van der Waals surface area contributed by atoms with Crippen molar-refractivity contribution in [2.75, 3.05) is 38.8 Å². The maximum Gasteiger partial charge on any atom is 0.128 e. The van der Waals surface area contributed by atoms with Crippen molar-refractivity contribution in [1.29, 1.82) is 0 Å². The van der Waals surface area contributed by atoms with E-state index in [4.69, 9.17) is 16.3 Å². The van der Waals surface area contributed by atoms with E-state index in [0.29, 0.717) is 0 Å². The Kier molecular flexibility index (Phi) is 7.79. The van der Waals surface area contributed by atoms with Gasteiger partial charge in [0.05, 0.1) is 5.02 Å². The topological polar surface area (TPSA) is 37.4 Å². The molecule has 0 fully saturated rings. The van der Waals surface area contributed by atoms with Crippen molar-refractivity contribution in [3.8, 4) is 0 Å². The summed E-state index contributed by atoms with van der Waals surface area (Å²) in [5.41, 5.74) is 1.10. The molecule has 0 aromatic carbocycles. The zero-order valence-corrected chi connectivity index (χ0v) is 12.8. The van der Waals surface area contributed by atoms with Gasteiger partial charge in [-0.1, -0.05) is 18.5 Å². The number of nitrogens with one attached hydrogen (secondary N) is 1. The first kappa shape index (κ1) is 16.2. The normalized spacial score (nSPS) is 10.7. The van der Waals surface area contributed by atoms with Crippen LogP contribution in [0.5, 0.6) is 0 Å². The third-order valence-corrected chi connectivity index (χ3v) is 3.24. The second-order valence-corrected chi connectivity index (χ2v) is 4.99. The molecule has 1 aromatic heterocycles. The van der Waals surface area contributed by atoms with Crippen molar-refractivity contribution in [2.45, 2.75) is 26.3 Å². The maximum atomic E-state index is 6.17. The van der Waals surface area contributed by atoms with Gasteiger partial charge in [0.2, 0.25) is 0 Å². The number of methoxy groups -OCH3 is 1.